The average molecular weight is 351 g/mol. The molecule has 0 spiro atoms. The standard InChI is InChI=1S/C12H15BrO5S/c1-6(14)19-5-9(15)11(16)7-3-8(13)12(17)10(4-7)18-2/h3-4,9,11,15-17H,5H2,1-2H3. The molecular weight excluding hydrogens is 336 g/mol. The highest BCUT2D eigenvalue weighted by Gasteiger charge is 2.21. The fourth-order valence-corrected chi connectivity index (χ4v) is 2.48. The number of methoxy groups -OCH3 is 1. The van der Waals surface area contributed by atoms with Crippen molar-refractivity contribution in [1.82, 2.24) is 0 Å². The summed E-state index contributed by atoms with van der Waals surface area (Å²) < 4.78 is 5.32. The van der Waals surface area contributed by atoms with Crippen molar-refractivity contribution in [2.75, 3.05) is 12.9 Å². The molecule has 0 aliphatic carbocycles. The van der Waals surface area contributed by atoms with E-state index < -0.39 is 12.2 Å². The molecule has 3 N–H and O–H groups in total. The van der Waals surface area contributed by atoms with Gasteiger partial charge in [0.2, 0.25) is 0 Å². The number of rotatable bonds is 5. The third kappa shape index (κ3) is 4.38. The zero-order valence-corrected chi connectivity index (χ0v) is 12.9. The number of halogens is 1. The van der Waals surface area contributed by atoms with Gasteiger partial charge in [-0.3, -0.25) is 4.79 Å². The lowest BCUT2D eigenvalue weighted by Crippen LogP contribution is -2.21. The van der Waals surface area contributed by atoms with Crippen LogP contribution in [0.3, 0.4) is 0 Å². The minimum Gasteiger partial charge on any atom is -0.503 e. The summed E-state index contributed by atoms with van der Waals surface area (Å²) in [7, 11) is 1.39. The van der Waals surface area contributed by atoms with E-state index in [9.17, 15) is 20.1 Å². The molecule has 0 heterocycles. The van der Waals surface area contributed by atoms with Crippen molar-refractivity contribution in [3.05, 3.63) is 22.2 Å². The summed E-state index contributed by atoms with van der Waals surface area (Å²) >= 11 is 4.07. The van der Waals surface area contributed by atoms with Crippen molar-refractivity contribution in [2.45, 2.75) is 19.1 Å². The monoisotopic (exact) mass is 350 g/mol. The predicted molar refractivity (Wildman–Crippen MR) is 76.5 cm³/mol. The number of phenolic OH excluding ortho intramolecular Hbond substituents is 1. The van der Waals surface area contributed by atoms with Gasteiger partial charge in [0.15, 0.2) is 16.6 Å². The molecule has 1 aromatic rings. The summed E-state index contributed by atoms with van der Waals surface area (Å²) in [6.45, 7) is 1.39. The zero-order valence-electron chi connectivity index (χ0n) is 10.5. The van der Waals surface area contributed by atoms with Gasteiger partial charge in [-0.15, -0.1) is 0 Å². The Balaban J connectivity index is 2.90. The summed E-state index contributed by atoms with van der Waals surface area (Å²) in [4.78, 5) is 10.8. The highest BCUT2D eigenvalue weighted by molar-refractivity contribution is 9.10. The van der Waals surface area contributed by atoms with Crippen molar-refractivity contribution in [3.8, 4) is 11.5 Å². The lowest BCUT2D eigenvalue weighted by atomic mass is 10.0. The molecule has 0 fully saturated rings. The minimum atomic E-state index is -1.17. The van der Waals surface area contributed by atoms with E-state index in [1.807, 2.05) is 0 Å². The van der Waals surface area contributed by atoms with Gasteiger partial charge in [0, 0.05) is 12.7 Å². The summed E-state index contributed by atoms with van der Waals surface area (Å²) in [5.74, 6) is 0.206. The molecule has 1 rings (SSSR count). The SMILES string of the molecule is COc1cc(C(O)C(O)CSC(C)=O)cc(Br)c1O. The van der Waals surface area contributed by atoms with E-state index >= 15 is 0 Å². The molecule has 0 bridgehead atoms. The second-order valence-corrected chi connectivity index (χ2v) is 5.92. The maximum absolute atomic E-state index is 10.8. The Morgan fingerprint density at radius 2 is 2.11 bits per heavy atom. The molecule has 2 atom stereocenters. The summed E-state index contributed by atoms with van der Waals surface area (Å²) in [6, 6.07) is 2.93. The first-order chi connectivity index (χ1) is 8.86. The number of hydrogen-bond acceptors (Lipinski definition) is 6. The molecule has 0 saturated heterocycles. The molecule has 0 saturated carbocycles. The molecule has 0 radical (unpaired) electrons. The Labute approximate surface area is 123 Å². The lowest BCUT2D eigenvalue weighted by Gasteiger charge is -2.19. The Morgan fingerprint density at radius 3 is 2.63 bits per heavy atom. The second kappa shape index (κ2) is 7.14. The van der Waals surface area contributed by atoms with Gasteiger partial charge in [0.25, 0.3) is 0 Å². The number of carbonyl (C=O) groups excluding carboxylic acids is 1. The van der Waals surface area contributed by atoms with E-state index in [1.165, 1.54) is 26.2 Å². The maximum atomic E-state index is 10.8. The number of aliphatic hydroxyl groups excluding tert-OH is 2. The Morgan fingerprint density at radius 1 is 1.47 bits per heavy atom. The number of ether oxygens (including phenoxy) is 1. The first-order valence-electron chi connectivity index (χ1n) is 5.42. The van der Waals surface area contributed by atoms with Crippen LogP contribution in [0.5, 0.6) is 11.5 Å². The van der Waals surface area contributed by atoms with Crippen LogP contribution in [0.15, 0.2) is 16.6 Å². The van der Waals surface area contributed by atoms with Gasteiger partial charge in [-0.05, 0) is 33.6 Å². The quantitative estimate of drug-likeness (QED) is 0.750. The van der Waals surface area contributed by atoms with Crippen LogP contribution in [0.4, 0.5) is 0 Å². The molecule has 2 unspecified atom stereocenters. The van der Waals surface area contributed by atoms with Crippen LogP contribution in [0, 0.1) is 0 Å². The number of aliphatic hydroxyl groups is 2. The van der Waals surface area contributed by atoms with Crippen LogP contribution in [-0.4, -0.2) is 39.4 Å². The van der Waals surface area contributed by atoms with E-state index in [4.69, 9.17) is 4.74 Å². The summed E-state index contributed by atoms with van der Waals surface area (Å²) in [6.07, 6.45) is -2.26. The lowest BCUT2D eigenvalue weighted by molar-refractivity contribution is -0.109. The van der Waals surface area contributed by atoms with Crippen molar-refractivity contribution in [3.63, 3.8) is 0 Å². The van der Waals surface area contributed by atoms with E-state index in [0.717, 1.165) is 11.8 Å². The number of carbonyl (C=O) groups is 1. The van der Waals surface area contributed by atoms with Crippen molar-refractivity contribution >= 4 is 32.8 Å². The molecular formula is C12H15BrO5S. The number of aromatic hydroxyl groups is 1. The van der Waals surface area contributed by atoms with Crippen LogP contribution in [0.25, 0.3) is 0 Å². The van der Waals surface area contributed by atoms with E-state index in [1.54, 1.807) is 0 Å². The molecule has 19 heavy (non-hydrogen) atoms. The smallest absolute Gasteiger partial charge is 0.185 e. The molecule has 5 nitrogen and oxygen atoms in total. The summed E-state index contributed by atoms with van der Waals surface area (Å²) in [5.41, 5.74) is 0.387. The fraction of sp³-hybridized carbons (Fsp3) is 0.417. The minimum absolute atomic E-state index is 0.0777. The molecule has 106 valence electrons. The highest BCUT2D eigenvalue weighted by atomic mass is 79.9. The van der Waals surface area contributed by atoms with Crippen molar-refractivity contribution in [2.24, 2.45) is 0 Å². The van der Waals surface area contributed by atoms with Crippen LogP contribution in [-0.2, 0) is 4.79 Å². The van der Waals surface area contributed by atoms with Gasteiger partial charge in [-0.2, -0.15) is 0 Å². The third-order valence-corrected chi connectivity index (χ3v) is 3.95. The zero-order chi connectivity index (χ0) is 14.6. The van der Waals surface area contributed by atoms with Gasteiger partial charge >= 0.3 is 0 Å². The van der Waals surface area contributed by atoms with Crippen LogP contribution < -0.4 is 4.74 Å². The number of benzene rings is 1. The van der Waals surface area contributed by atoms with Crippen molar-refractivity contribution in [1.29, 1.82) is 0 Å². The topological polar surface area (TPSA) is 87.0 Å². The predicted octanol–water partition coefficient (Wildman–Crippen LogP) is 1.84. The van der Waals surface area contributed by atoms with Gasteiger partial charge in [-0.25, -0.2) is 0 Å². The Bertz CT molecular complexity index is 466. The molecule has 1 aromatic carbocycles. The normalized spacial score (nSPS) is 13.9. The first kappa shape index (κ1) is 16.3. The Hall–Kier alpha value is -0.760. The van der Waals surface area contributed by atoms with Crippen LogP contribution in [0.1, 0.15) is 18.6 Å². The number of hydrogen-bond donors (Lipinski definition) is 3. The second-order valence-electron chi connectivity index (χ2n) is 3.87. The maximum Gasteiger partial charge on any atom is 0.185 e. The van der Waals surface area contributed by atoms with Crippen molar-refractivity contribution < 1.29 is 24.9 Å². The van der Waals surface area contributed by atoms with Gasteiger partial charge in [0.1, 0.15) is 6.10 Å². The molecule has 0 amide bonds. The third-order valence-electron chi connectivity index (χ3n) is 2.43. The van der Waals surface area contributed by atoms with Gasteiger partial charge in [-0.1, -0.05) is 11.8 Å². The number of phenols is 1. The average Bonchev–Trinajstić information content (AvgIpc) is 2.37. The molecule has 7 heteroatoms. The van der Waals surface area contributed by atoms with E-state index in [2.05, 4.69) is 15.9 Å². The van der Waals surface area contributed by atoms with E-state index in [-0.39, 0.29) is 22.4 Å². The largest absolute Gasteiger partial charge is 0.503 e. The van der Waals surface area contributed by atoms with E-state index in [0.29, 0.717) is 10.0 Å². The first-order valence-corrected chi connectivity index (χ1v) is 7.20. The van der Waals surface area contributed by atoms with Crippen LogP contribution >= 0.6 is 27.7 Å². The van der Waals surface area contributed by atoms with Crippen LogP contribution in [0.2, 0.25) is 0 Å². The van der Waals surface area contributed by atoms with Gasteiger partial charge < -0.3 is 20.1 Å². The molecule has 0 aliphatic heterocycles. The van der Waals surface area contributed by atoms with Gasteiger partial charge in [0.05, 0.1) is 17.7 Å². The summed E-state index contributed by atoms with van der Waals surface area (Å²) in [5, 5.41) is 29.3. The molecule has 0 aliphatic rings. The Kier molecular flexibility index (Phi) is 6.12. The molecule has 0 aromatic heterocycles. The number of thioether (sulfide) groups is 1. The fourth-order valence-electron chi connectivity index (χ4n) is 1.44. The highest BCUT2D eigenvalue weighted by Crippen LogP contribution is 2.37.